The van der Waals surface area contributed by atoms with E-state index in [1.54, 1.807) is 20.8 Å². The van der Waals surface area contributed by atoms with E-state index < -0.39 is 17.4 Å². The molecule has 0 saturated heterocycles. The molecule has 0 radical (unpaired) electrons. The molecule has 1 nitrogen and oxygen atoms in total. The Bertz CT molecular complexity index is 332. The number of benzene rings is 1. The Labute approximate surface area is 76.0 Å². The maximum atomic E-state index is 13.2. The number of aromatic hydroxyl groups is 1. The standard InChI is InChI=1S/C10H12F2O/c1-5(2)7-4-6(3)10(13)9(12)8(7)11/h4-5,13H,1-3H3. The van der Waals surface area contributed by atoms with Crippen molar-refractivity contribution < 1.29 is 13.9 Å². The lowest BCUT2D eigenvalue weighted by molar-refractivity contribution is 0.399. The highest BCUT2D eigenvalue weighted by Gasteiger charge is 2.17. The van der Waals surface area contributed by atoms with Gasteiger partial charge in [0.1, 0.15) is 0 Å². The number of hydrogen-bond acceptors (Lipinski definition) is 1. The van der Waals surface area contributed by atoms with Crippen molar-refractivity contribution in [1.82, 2.24) is 0 Å². The van der Waals surface area contributed by atoms with Crippen LogP contribution < -0.4 is 0 Å². The van der Waals surface area contributed by atoms with Gasteiger partial charge in [0, 0.05) is 0 Å². The van der Waals surface area contributed by atoms with Gasteiger partial charge in [-0.1, -0.05) is 13.8 Å². The van der Waals surface area contributed by atoms with Crippen molar-refractivity contribution in [2.75, 3.05) is 0 Å². The van der Waals surface area contributed by atoms with E-state index in [0.29, 0.717) is 11.1 Å². The van der Waals surface area contributed by atoms with Crippen LogP contribution in [0.1, 0.15) is 30.9 Å². The summed E-state index contributed by atoms with van der Waals surface area (Å²) in [6, 6.07) is 1.47. The lowest BCUT2D eigenvalue weighted by Crippen LogP contribution is -1.98. The molecule has 1 rings (SSSR count). The topological polar surface area (TPSA) is 20.2 Å². The molecule has 0 aliphatic rings. The summed E-state index contributed by atoms with van der Waals surface area (Å²) in [6.45, 7) is 5.09. The Hall–Kier alpha value is -1.12. The quantitative estimate of drug-likeness (QED) is 0.714. The maximum absolute atomic E-state index is 13.2. The van der Waals surface area contributed by atoms with Crippen LogP contribution >= 0.6 is 0 Å². The predicted molar refractivity (Wildman–Crippen MR) is 46.8 cm³/mol. The molecule has 0 aromatic heterocycles. The zero-order valence-electron chi connectivity index (χ0n) is 7.86. The monoisotopic (exact) mass is 186 g/mol. The second-order valence-electron chi connectivity index (χ2n) is 3.41. The van der Waals surface area contributed by atoms with E-state index >= 15 is 0 Å². The number of rotatable bonds is 1. The lowest BCUT2D eigenvalue weighted by atomic mass is 9.99. The Kier molecular flexibility index (Phi) is 2.55. The summed E-state index contributed by atoms with van der Waals surface area (Å²) in [6.07, 6.45) is 0. The third-order valence-electron chi connectivity index (χ3n) is 2.02. The number of aryl methyl sites for hydroxylation is 1. The van der Waals surface area contributed by atoms with Gasteiger partial charge in [0.25, 0.3) is 0 Å². The highest BCUT2D eigenvalue weighted by Crippen LogP contribution is 2.29. The summed E-state index contributed by atoms with van der Waals surface area (Å²) in [5, 5.41) is 9.08. The van der Waals surface area contributed by atoms with E-state index in [-0.39, 0.29) is 5.92 Å². The first kappa shape index (κ1) is 9.96. The van der Waals surface area contributed by atoms with E-state index in [1.165, 1.54) is 6.07 Å². The van der Waals surface area contributed by atoms with E-state index in [1.807, 2.05) is 0 Å². The zero-order chi connectivity index (χ0) is 10.2. The summed E-state index contributed by atoms with van der Waals surface area (Å²) in [5.74, 6) is -2.78. The third-order valence-corrected chi connectivity index (χ3v) is 2.02. The van der Waals surface area contributed by atoms with E-state index in [4.69, 9.17) is 5.11 Å². The van der Waals surface area contributed by atoms with E-state index in [0.717, 1.165) is 0 Å². The molecule has 1 N–H and O–H groups in total. The number of phenolic OH excluding ortho intramolecular Hbond substituents is 1. The van der Waals surface area contributed by atoms with Gasteiger partial charge in [-0.05, 0) is 30.0 Å². The fraction of sp³-hybridized carbons (Fsp3) is 0.400. The molecule has 72 valence electrons. The largest absolute Gasteiger partial charge is 0.505 e. The van der Waals surface area contributed by atoms with Crippen molar-refractivity contribution in [3.63, 3.8) is 0 Å². The molecule has 0 fully saturated rings. The van der Waals surface area contributed by atoms with Crippen LogP contribution in [0.4, 0.5) is 8.78 Å². The number of hydrogen-bond donors (Lipinski definition) is 1. The van der Waals surface area contributed by atoms with Gasteiger partial charge in [-0.15, -0.1) is 0 Å². The highest BCUT2D eigenvalue weighted by molar-refractivity contribution is 5.38. The summed E-state index contributed by atoms with van der Waals surface area (Å²) in [4.78, 5) is 0. The van der Waals surface area contributed by atoms with Crippen LogP contribution in [0.25, 0.3) is 0 Å². The first-order valence-corrected chi connectivity index (χ1v) is 4.12. The summed E-state index contributed by atoms with van der Waals surface area (Å²) < 4.78 is 26.1. The average Bonchev–Trinajstić information content (AvgIpc) is 2.07. The summed E-state index contributed by atoms with van der Waals surface area (Å²) in [5.41, 5.74) is 0.662. The van der Waals surface area contributed by atoms with Crippen LogP contribution in [0.15, 0.2) is 6.07 Å². The Balaban J connectivity index is 3.41. The second-order valence-corrected chi connectivity index (χ2v) is 3.41. The molecule has 0 aliphatic heterocycles. The minimum absolute atomic E-state index is 0.0891. The molecule has 1 aromatic rings. The smallest absolute Gasteiger partial charge is 0.200 e. The lowest BCUT2D eigenvalue weighted by Gasteiger charge is -2.10. The molecule has 0 saturated carbocycles. The molecule has 0 heterocycles. The van der Waals surface area contributed by atoms with Crippen LogP contribution in [-0.2, 0) is 0 Å². The minimum Gasteiger partial charge on any atom is -0.505 e. The van der Waals surface area contributed by atoms with Gasteiger partial charge in [-0.2, -0.15) is 4.39 Å². The van der Waals surface area contributed by atoms with Gasteiger partial charge < -0.3 is 5.11 Å². The zero-order valence-corrected chi connectivity index (χ0v) is 7.86. The minimum atomic E-state index is -1.15. The summed E-state index contributed by atoms with van der Waals surface area (Å²) >= 11 is 0. The van der Waals surface area contributed by atoms with Crippen molar-refractivity contribution in [3.8, 4) is 5.75 Å². The molecule has 0 atom stereocenters. The molecule has 0 spiro atoms. The number of halogens is 2. The van der Waals surface area contributed by atoms with Gasteiger partial charge in [0.15, 0.2) is 11.6 Å². The normalized spacial score (nSPS) is 10.9. The van der Waals surface area contributed by atoms with Crippen molar-refractivity contribution in [2.24, 2.45) is 0 Å². The van der Waals surface area contributed by atoms with Crippen LogP contribution in [0.2, 0.25) is 0 Å². The first-order valence-electron chi connectivity index (χ1n) is 4.12. The van der Waals surface area contributed by atoms with Crippen LogP contribution in [-0.4, -0.2) is 5.11 Å². The fourth-order valence-electron chi connectivity index (χ4n) is 1.19. The SMILES string of the molecule is Cc1cc(C(C)C)c(F)c(F)c1O. The van der Waals surface area contributed by atoms with Crippen LogP contribution in [0.3, 0.4) is 0 Å². The first-order chi connectivity index (χ1) is 5.95. The molecule has 1 aromatic carbocycles. The maximum Gasteiger partial charge on any atom is 0.200 e. The highest BCUT2D eigenvalue weighted by atomic mass is 19.2. The second kappa shape index (κ2) is 3.32. The molecule has 0 amide bonds. The van der Waals surface area contributed by atoms with Gasteiger partial charge in [0.05, 0.1) is 0 Å². The Morgan fingerprint density at radius 2 is 1.77 bits per heavy atom. The Morgan fingerprint density at radius 3 is 2.23 bits per heavy atom. The molecule has 0 unspecified atom stereocenters. The van der Waals surface area contributed by atoms with Gasteiger partial charge in [-0.25, -0.2) is 4.39 Å². The van der Waals surface area contributed by atoms with E-state index in [9.17, 15) is 8.78 Å². The summed E-state index contributed by atoms with van der Waals surface area (Å²) in [7, 11) is 0. The third kappa shape index (κ3) is 1.64. The van der Waals surface area contributed by atoms with Crippen molar-refractivity contribution >= 4 is 0 Å². The molecule has 13 heavy (non-hydrogen) atoms. The van der Waals surface area contributed by atoms with Gasteiger partial charge in [0.2, 0.25) is 5.82 Å². The average molecular weight is 186 g/mol. The molecule has 3 heteroatoms. The van der Waals surface area contributed by atoms with E-state index in [2.05, 4.69) is 0 Å². The number of phenols is 1. The molecular formula is C10H12F2O. The van der Waals surface area contributed by atoms with Crippen molar-refractivity contribution in [3.05, 3.63) is 28.8 Å². The fourth-order valence-corrected chi connectivity index (χ4v) is 1.19. The Morgan fingerprint density at radius 1 is 1.23 bits per heavy atom. The van der Waals surface area contributed by atoms with Crippen LogP contribution in [0, 0.1) is 18.6 Å². The molecular weight excluding hydrogens is 174 g/mol. The molecule has 0 aliphatic carbocycles. The van der Waals surface area contributed by atoms with Crippen LogP contribution in [0.5, 0.6) is 5.75 Å². The van der Waals surface area contributed by atoms with Gasteiger partial charge >= 0.3 is 0 Å². The van der Waals surface area contributed by atoms with Gasteiger partial charge in [-0.3, -0.25) is 0 Å². The predicted octanol–water partition coefficient (Wildman–Crippen LogP) is 3.10. The van der Waals surface area contributed by atoms with Crippen molar-refractivity contribution in [2.45, 2.75) is 26.7 Å². The molecule has 0 bridgehead atoms. The van der Waals surface area contributed by atoms with Crippen molar-refractivity contribution in [1.29, 1.82) is 0 Å².